The molecule has 0 aliphatic carbocycles. The number of sulfone groups is 1. The number of hydrogen-bond donors (Lipinski definition) is 0. The Balaban J connectivity index is 0.000000676. The number of alkyl halides is 6. The molecular weight excluding hydrogens is 1790 g/mol. The van der Waals surface area contributed by atoms with Crippen LogP contribution in [0, 0.1) is 83.1 Å². The van der Waals surface area contributed by atoms with Gasteiger partial charge in [0.25, 0.3) is 0 Å². The van der Waals surface area contributed by atoms with E-state index in [2.05, 4.69) is 334 Å². The molecule has 9 aromatic carbocycles. The second-order valence-electron chi connectivity index (χ2n) is 41.3. The van der Waals surface area contributed by atoms with Crippen LogP contribution in [-0.4, -0.2) is 14.7 Å². The number of hydrogen-bond acceptors (Lipinski definition) is 2. The standard InChI is InChI=1S/C12H14ClF3.C12H15F3.C12H18O2S.3C12H18.C11H14Br2.C11H15Br.C11H14Cl2/c1-7-5-8(12(14,15)16)6-9(13)10(7)11(2,3)4;1-8-5-9(11(2,3)4)7-10(6-8)12(13,14)15;1-9-6-7-10(15(5,13)14)8-11(9)12(2,3)4;3*1-9-6-7-10(2)11(8-9)12(3,4)5;1-7-5-8(12)6-9(13)10(7)11(2,3)4;1-8-5-6-10(12)9(7-8)11(2,3)4;1-7-5-8(12)6-9(13)10(7)11(2,3)4/h5-6H,1-4H3;5-7H,1-4H3;6-8H,1-5H3;3*6-8H,1-5H3;5-6H,1-4H3;5-7H,1-4H3;5-6H,1-4H3. The molecule has 0 aliphatic heterocycles. The molecule has 0 amide bonds. The third kappa shape index (κ3) is 38.3. The molecular formula is C105H144Br3Cl3F6O2S. The Morgan fingerprint density at radius 3 is 0.833 bits per heavy atom. The Bertz CT molecular complexity index is 4570. The van der Waals surface area contributed by atoms with E-state index in [0.717, 1.165) is 49.4 Å². The maximum atomic E-state index is 12.5. The summed E-state index contributed by atoms with van der Waals surface area (Å²) in [5.41, 5.74) is 24.8. The lowest BCUT2D eigenvalue weighted by Gasteiger charge is -2.24. The first kappa shape index (κ1) is 113. The molecule has 0 heterocycles. The lowest BCUT2D eigenvalue weighted by molar-refractivity contribution is -0.138. The Kier molecular flexibility index (Phi) is 41.7. The van der Waals surface area contributed by atoms with E-state index in [4.69, 9.17) is 34.8 Å². The molecule has 0 radical (unpaired) electrons. The second-order valence-corrected chi connectivity index (χ2v) is 47.2. The first-order chi connectivity index (χ1) is 53.5. The number of halogens is 12. The van der Waals surface area contributed by atoms with Crippen LogP contribution in [0.25, 0.3) is 0 Å². The van der Waals surface area contributed by atoms with Gasteiger partial charge in [-0.1, -0.05) is 376 Å². The van der Waals surface area contributed by atoms with E-state index < -0.39 is 33.3 Å². The number of rotatable bonds is 1. The summed E-state index contributed by atoms with van der Waals surface area (Å²) in [7, 11) is -3.10. The van der Waals surface area contributed by atoms with Crippen LogP contribution in [-0.2, 0) is 70.9 Å². The van der Waals surface area contributed by atoms with Crippen molar-refractivity contribution in [2.45, 2.75) is 336 Å². The maximum Gasteiger partial charge on any atom is 0.416 e. The Morgan fingerprint density at radius 2 is 0.550 bits per heavy atom. The van der Waals surface area contributed by atoms with E-state index in [1.54, 1.807) is 38.1 Å². The van der Waals surface area contributed by atoms with Gasteiger partial charge in [-0.2, -0.15) is 26.3 Å². The minimum atomic E-state index is -4.34. The van der Waals surface area contributed by atoms with Crippen LogP contribution in [0.3, 0.4) is 0 Å². The summed E-state index contributed by atoms with van der Waals surface area (Å²) < 4.78 is 102. The van der Waals surface area contributed by atoms with Gasteiger partial charge in [0, 0.05) is 34.7 Å². The fourth-order valence-electron chi connectivity index (χ4n) is 14.0. The van der Waals surface area contributed by atoms with Crippen molar-refractivity contribution in [3.63, 3.8) is 0 Å². The van der Waals surface area contributed by atoms with Crippen LogP contribution in [0.15, 0.2) is 164 Å². The highest BCUT2D eigenvalue weighted by atomic mass is 79.9. The highest BCUT2D eigenvalue weighted by Crippen LogP contribution is 2.42. The zero-order chi connectivity index (χ0) is 94.3. The molecule has 0 aliphatic rings. The van der Waals surface area contributed by atoms with Gasteiger partial charge in [0.2, 0.25) is 0 Å². The van der Waals surface area contributed by atoms with Crippen LogP contribution < -0.4 is 0 Å². The molecule has 2 nitrogen and oxygen atoms in total. The molecule has 9 aromatic rings. The fraction of sp³-hybridized carbons (Fsp3) is 0.486. The zero-order valence-corrected chi connectivity index (χ0v) is 88.0. The van der Waals surface area contributed by atoms with Crippen molar-refractivity contribution in [1.82, 2.24) is 0 Å². The Labute approximate surface area is 765 Å². The molecule has 0 saturated carbocycles. The highest BCUT2D eigenvalue weighted by Gasteiger charge is 2.35. The van der Waals surface area contributed by atoms with Crippen LogP contribution in [0.4, 0.5) is 26.3 Å². The average Bonchev–Trinajstić information content (AvgIpc) is 0.787. The SMILES string of the molecule is Cc1cc(Br)cc(Br)c1C(C)(C)C.Cc1cc(C(C)(C)C)cc(C(F)(F)F)c1.Cc1cc(C(F)(F)F)cc(Cl)c1C(C)(C)C.Cc1cc(Cl)cc(Cl)c1C(C)(C)C.Cc1ccc(Br)c(C(C)(C)C)c1.Cc1ccc(C)c(C(C)(C)C)c1.Cc1ccc(C)c(C(C)(C)C)c1.Cc1ccc(C)c(C(C)(C)C)c1.Cc1ccc(S(C)(=O)=O)cc1C(C)(C)C. The maximum absolute atomic E-state index is 12.5. The molecule has 0 N–H and O–H groups in total. The van der Waals surface area contributed by atoms with Gasteiger partial charge in [0.1, 0.15) is 0 Å². The quantitative estimate of drug-likeness (QED) is 0.154. The number of aryl methyl sites for hydroxylation is 12. The monoisotopic (exact) mass is 1920 g/mol. The summed E-state index contributed by atoms with van der Waals surface area (Å²) in [6, 6.07) is 46.2. The van der Waals surface area contributed by atoms with Crippen LogP contribution in [0.2, 0.25) is 15.1 Å². The van der Waals surface area contributed by atoms with E-state index in [-0.39, 0.29) is 53.8 Å². The summed E-state index contributed by atoms with van der Waals surface area (Å²) in [6.07, 6.45) is -7.36. The van der Waals surface area contributed by atoms with Crippen molar-refractivity contribution in [1.29, 1.82) is 0 Å². The van der Waals surface area contributed by atoms with Crippen molar-refractivity contribution >= 4 is 92.4 Å². The minimum Gasteiger partial charge on any atom is -0.224 e. The van der Waals surface area contributed by atoms with Crippen LogP contribution in [0.1, 0.15) is 315 Å². The average molecular weight is 1930 g/mol. The van der Waals surface area contributed by atoms with Gasteiger partial charge in [-0.3, -0.25) is 0 Å². The van der Waals surface area contributed by atoms with Crippen molar-refractivity contribution in [3.8, 4) is 0 Å². The number of benzene rings is 9. The lowest BCUT2D eigenvalue weighted by Crippen LogP contribution is -2.15. The molecule has 0 saturated heterocycles. The van der Waals surface area contributed by atoms with Crippen molar-refractivity contribution in [2.75, 3.05) is 6.26 Å². The summed E-state index contributed by atoms with van der Waals surface area (Å²) >= 11 is 28.6. The smallest absolute Gasteiger partial charge is 0.224 e. The van der Waals surface area contributed by atoms with Gasteiger partial charge in [-0.15, -0.1) is 0 Å². The molecule has 0 fully saturated rings. The van der Waals surface area contributed by atoms with Crippen LogP contribution in [0.5, 0.6) is 0 Å². The minimum absolute atomic E-state index is 0.0230. The third-order valence-corrected chi connectivity index (χ3v) is 23.3. The summed E-state index contributed by atoms with van der Waals surface area (Å²) in [4.78, 5) is 0.401. The van der Waals surface area contributed by atoms with Crippen molar-refractivity contribution < 1.29 is 34.8 Å². The molecule has 0 spiro atoms. The Hall–Kier alpha value is -5.18. The fourth-order valence-corrected chi connectivity index (χ4v) is 19.0. The molecule has 666 valence electrons. The van der Waals surface area contributed by atoms with Gasteiger partial charge in [-0.25, -0.2) is 8.42 Å². The Morgan fingerprint density at radius 1 is 0.258 bits per heavy atom. The molecule has 120 heavy (non-hydrogen) atoms. The second kappa shape index (κ2) is 44.3. The predicted octanol–water partition coefficient (Wildman–Crippen LogP) is 36.2. The van der Waals surface area contributed by atoms with Gasteiger partial charge in [-0.05, 0) is 288 Å². The summed E-state index contributed by atoms with van der Waals surface area (Å²) in [5, 5.41) is 1.65. The van der Waals surface area contributed by atoms with E-state index in [9.17, 15) is 34.8 Å². The highest BCUT2D eigenvalue weighted by molar-refractivity contribution is 9.11. The summed E-state index contributed by atoms with van der Waals surface area (Å²) in [6.45, 7) is 82.5. The zero-order valence-electron chi connectivity index (χ0n) is 80.1. The normalized spacial score (nSPS) is 12.2. The molecule has 9 rings (SSSR count). The molecule has 0 bridgehead atoms. The summed E-state index contributed by atoms with van der Waals surface area (Å²) in [5.74, 6) is 0. The van der Waals surface area contributed by atoms with E-state index in [1.165, 1.54) is 105 Å². The predicted molar refractivity (Wildman–Crippen MR) is 524 cm³/mol. The largest absolute Gasteiger partial charge is 0.416 e. The lowest BCUT2D eigenvalue weighted by atomic mass is 9.83. The van der Waals surface area contributed by atoms with Gasteiger partial charge in [0.05, 0.1) is 16.0 Å². The van der Waals surface area contributed by atoms with E-state index >= 15 is 0 Å². The van der Waals surface area contributed by atoms with Gasteiger partial charge >= 0.3 is 12.4 Å². The van der Waals surface area contributed by atoms with Crippen molar-refractivity contribution in [2.24, 2.45) is 0 Å². The molecule has 0 aromatic heterocycles. The topological polar surface area (TPSA) is 34.1 Å². The van der Waals surface area contributed by atoms with Crippen LogP contribution >= 0.6 is 82.6 Å². The van der Waals surface area contributed by atoms with E-state index in [1.807, 2.05) is 67.5 Å². The van der Waals surface area contributed by atoms with Gasteiger partial charge in [0.15, 0.2) is 9.84 Å². The first-order valence-corrected chi connectivity index (χ1v) is 46.3. The molecule has 0 atom stereocenters. The van der Waals surface area contributed by atoms with Gasteiger partial charge < -0.3 is 0 Å². The van der Waals surface area contributed by atoms with Crippen molar-refractivity contribution in [3.05, 3.63) is 302 Å². The first-order valence-electron chi connectivity index (χ1n) is 40.8. The third-order valence-electron chi connectivity index (χ3n) is 19.6. The van der Waals surface area contributed by atoms with E-state index in [0.29, 0.717) is 21.0 Å². The molecule has 15 heteroatoms. The molecule has 0 unspecified atom stereocenters.